The molecule has 0 spiro atoms. The van der Waals surface area contributed by atoms with Gasteiger partial charge in [0.15, 0.2) is 0 Å². The summed E-state index contributed by atoms with van der Waals surface area (Å²) in [6, 6.07) is 2.34. The molecule has 0 saturated carbocycles. The van der Waals surface area contributed by atoms with Crippen molar-refractivity contribution in [3.63, 3.8) is 0 Å². The fraction of sp³-hybridized carbons (Fsp3) is 0.273. The standard InChI is InChI=1S/C11H9Cl3FN3/c1-5(2)10-16-17-11(14)18(10)9-7(12)3-6(15)4-8(9)13/h3-5H,1-2H3. The van der Waals surface area contributed by atoms with Crippen molar-refractivity contribution >= 4 is 34.8 Å². The monoisotopic (exact) mass is 307 g/mol. The second kappa shape index (κ2) is 5.03. The molecule has 96 valence electrons. The molecule has 1 heterocycles. The largest absolute Gasteiger partial charge is 0.266 e. The van der Waals surface area contributed by atoms with Gasteiger partial charge in [-0.2, -0.15) is 0 Å². The van der Waals surface area contributed by atoms with E-state index in [0.717, 1.165) is 0 Å². The Morgan fingerprint density at radius 3 is 2.17 bits per heavy atom. The zero-order chi connectivity index (χ0) is 13.4. The quantitative estimate of drug-likeness (QED) is 0.818. The van der Waals surface area contributed by atoms with Crippen molar-refractivity contribution in [2.45, 2.75) is 19.8 Å². The van der Waals surface area contributed by atoms with Crippen LogP contribution in [0.2, 0.25) is 15.3 Å². The summed E-state index contributed by atoms with van der Waals surface area (Å²) in [5.74, 6) is 0.168. The number of aromatic nitrogens is 3. The third-order valence-electron chi connectivity index (χ3n) is 2.37. The molecule has 0 amide bonds. The number of hydrogen-bond donors (Lipinski definition) is 0. The van der Waals surface area contributed by atoms with Crippen LogP contribution in [0.5, 0.6) is 0 Å². The number of hydrogen-bond acceptors (Lipinski definition) is 2. The van der Waals surface area contributed by atoms with E-state index in [0.29, 0.717) is 11.5 Å². The van der Waals surface area contributed by atoms with Crippen LogP contribution in [0.4, 0.5) is 4.39 Å². The van der Waals surface area contributed by atoms with Gasteiger partial charge < -0.3 is 0 Å². The SMILES string of the molecule is CC(C)c1nnc(Cl)n1-c1c(Cl)cc(F)cc1Cl. The molecule has 0 aliphatic rings. The fourth-order valence-corrected chi connectivity index (χ4v) is 2.44. The number of rotatable bonds is 2. The molecule has 1 aromatic carbocycles. The average Bonchev–Trinajstić information content (AvgIpc) is 2.59. The summed E-state index contributed by atoms with van der Waals surface area (Å²) in [4.78, 5) is 0. The molecular formula is C11H9Cl3FN3. The lowest BCUT2D eigenvalue weighted by Gasteiger charge is -2.13. The van der Waals surface area contributed by atoms with Crippen LogP contribution in [0.15, 0.2) is 12.1 Å². The maximum absolute atomic E-state index is 13.2. The third-order valence-corrected chi connectivity index (χ3v) is 3.19. The van der Waals surface area contributed by atoms with Gasteiger partial charge in [0, 0.05) is 5.92 Å². The fourth-order valence-electron chi connectivity index (χ4n) is 1.61. The van der Waals surface area contributed by atoms with Gasteiger partial charge in [0.05, 0.1) is 15.7 Å². The van der Waals surface area contributed by atoms with Gasteiger partial charge in [-0.15, -0.1) is 10.2 Å². The molecule has 0 aliphatic heterocycles. The minimum absolute atomic E-state index is 0.0715. The lowest BCUT2D eigenvalue weighted by molar-refractivity contribution is 0.627. The van der Waals surface area contributed by atoms with E-state index in [1.165, 1.54) is 16.7 Å². The highest BCUT2D eigenvalue weighted by Gasteiger charge is 2.20. The topological polar surface area (TPSA) is 30.7 Å². The maximum atomic E-state index is 13.2. The van der Waals surface area contributed by atoms with Crippen molar-refractivity contribution in [3.8, 4) is 5.69 Å². The second-order valence-corrected chi connectivity index (χ2v) is 5.19. The Hall–Kier alpha value is -0.840. The minimum atomic E-state index is -0.510. The van der Waals surface area contributed by atoms with Crippen molar-refractivity contribution in [1.29, 1.82) is 0 Å². The zero-order valence-electron chi connectivity index (χ0n) is 9.59. The molecule has 0 atom stereocenters. The highest BCUT2D eigenvalue weighted by molar-refractivity contribution is 6.38. The average molecular weight is 309 g/mol. The molecule has 2 rings (SSSR count). The van der Waals surface area contributed by atoms with Crippen LogP contribution in [0.3, 0.4) is 0 Å². The molecule has 0 fully saturated rings. The van der Waals surface area contributed by atoms with E-state index in [9.17, 15) is 4.39 Å². The molecular weight excluding hydrogens is 299 g/mol. The van der Waals surface area contributed by atoms with Gasteiger partial charge in [-0.05, 0) is 23.7 Å². The van der Waals surface area contributed by atoms with Gasteiger partial charge in [0.25, 0.3) is 0 Å². The first kappa shape index (κ1) is 13.6. The maximum Gasteiger partial charge on any atom is 0.229 e. The normalized spacial score (nSPS) is 11.3. The van der Waals surface area contributed by atoms with Crippen LogP contribution in [-0.2, 0) is 0 Å². The Morgan fingerprint density at radius 2 is 1.67 bits per heavy atom. The van der Waals surface area contributed by atoms with Crippen LogP contribution in [0.25, 0.3) is 5.69 Å². The predicted octanol–water partition coefficient (Wildman–Crippen LogP) is 4.49. The van der Waals surface area contributed by atoms with Crippen LogP contribution >= 0.6 is 34.8 Å². The van der Waals surface area contributed by atoms with Gasteiger partial charge in [0.2, 0.25) is 5.28 Å². The Balaban J connectivity index is 2.73. The van der Waals surface area contributed by atoms with E-state index < -0.39 is 5.82 Å². The summed E-state index contributed by atoms with van der Waals surface area (Å²) < 4.78 is 14.7. The molecule has 2 aromatic rings. The van der Waals surface area contributed by atoms with Crippen molar-refractivity contribution in [2.75, 3.05) is 0 Å². The van der Waals surface area contributed by atoms with E-state index in [1.54, 1.807) is 0 Å². The predicted molar refractivity (Wildman–Crippen MR) is 70.4 cm³/mol. The number of benzene rings is 1. The highest BCUT2D eigenvalue weighted by atomic mass is 35.5. The summed E-state index contributed by atoms with van der Waals surface area (Å²) in [5.41, 5.74) is 0.387. The van der Waals surface area contributed by atoms with Crippen LogP contribution in [0, 0.1) is 5.82 Å². The smallest absolute Gasteiger partial charge is 0.229 e. The zero-order valence-corrected chi connectivity index (χ0v) is 11.9. The Bertz CT molecular complexity index is 572. The molecule has 0 unspecified atom stereocenters. The minimum Gasteiger partial charge on any atom is -0.266 e. The molecule has 18 heavy (non-hydrogen) atoms. The molecule has 0 N–H and O–H groups in total. The van der Waals surface area contributed by atoms with E-state index in [2.05, 4.69) is 10.2 Å². The Kier molecular flexibility index (Phi) is 3.80. The number of nitrogens with zero attached hydrogens (tertiary/aromatic N) is 3. The van der Waals surface area contributed by atoms with Crippen LogP contribution in [-0.4, -0.2) is 14.8 Å². The van der Waals surface area contributed by atoms with Crippen molar-refractivity contribution in [3.05, 3.63) is 39.1 Å². The van der Waals surface area contributed by atoms with Crippen molar-refractivity contribution in [2.24, 2.45) is 0 Å². The molecule has 0 aliphatic carbocycles. The lowest BCUT2D eigenvalue weighted by atomic mass is 10.2. The second-order valence-electron chi connectivity index (χ2n) is 4.04. The van der Waals surface area contributed by atoms with E-state index in [4.69, 9.17) is 34.8 Å². The first-order valence-electron chi connectivity index (χ1n) is 5.17. The summed E-state index contributed by atoms with van der Waals surface area (Å²) in [6.45, 7) is 3.87. The summed E-state index contributed by atoms with van der Waals surface area (Å²) in [5, 5.41) is 8.20. The van der Waals surface area contributed by atoms with E-state index in [-0.39, 0.29) is 21.2 Å². The highest BCUT2D eigenvalue weighted by Crippen LogP contribution is 2.33. The first-order chi connectivity index (χ1) is 8.41. The molecule has 0 bridgehead atoms. The van der Waals surface area contributed by atoms with Gasteiger partial charge in [-0.3, -0.25) is 4.57 Å². The van der Waals surface area contributed by atoms with Crippen LogP contribution in [0.1, 0.15) is 25.6 Å². The number of halogens is 4. The van der Waals surface area contributed by atoms with Gasteiger partial charge in [-0.1, -0.05) is 37.0 Å². The Morgan fingerprint density at radius 1 is 1.11 bits per heavy atom. The molecule has 0 radical (unpaired) electrons. The van der Waals surface area contributed by atoms with Gasteiger partial charge >= 0.3 is 0 Å². The molecule has 0 saturated heterocycles. The lowest BCUT2D eigenvalue weighted by Crippen LogP contribution is -2.05. The Labute approximate surface area is 118 Å². The summed E-state index contributed by atoms with van der Waals surface area (Å²) >= 11 is 18.0. The van der Waals surface area contributed by atoms with Crippen LogP contribution < -0.4 is 0 Å². The van der Waals surface area contributed by atoms with Gasteiger partial charge in [0.1, 0.15) is 11.6 Å². The van der Waals surface area contributed by atoms with E-state index in [1.807, 2.05) is 13.8 Å². The summed E-state index contributed by atoms with van der Waals surface area (Å²) in [6.07, 6.45) is 0. The molecule has 7 heteroatoms. The van der Waals surface area contributed by atoms with Gasteiger partial charge in [-0.25, -0.2) is 4.39 Å². The van der Waals surface area contributed by atoms with Crippen molar-refractivity contribution in [1.82, 2.24) is 14.8 Å². The third kappa shape index (κ3) is 2.32. The summed E-state index contributed by atoms with van der Waals surface area (Å²) in [7, 11) is 0. The molecule has 3 nitrogen and oxygen atoms in total. The van der Waals surface area contributed by atoms with E-state index >= 15 is 0 Å². The first-order valence-corrected chi connectivity index (χ1v) is 6.31. The molecule has 1 aromatic heterocycles. The van der Waals surface area contributed by atoms with Crippen molar-refractivity contribution < 1.29 is 4.39 Å².